The topological polar surface area (TPSA) is 3.24 Å². The Morgan fingerprint density at radius 2 is 1.00 bits per heavy atom. The molecule has 4 bridgehead atoms. The van der Waals surface area contributed by atoms with Gasteiger partial charge in [0.25, 0.3) is 0 Å². The lowest BCUT2D eigenvalue weighted by atomic mass is 9.43. The summed E-state index contributed by atoms with van der Waals surface area (Å²) >= 11 is 0. The van der Waals surface area contributed by atoms with Crippen LogP contribution in [0.25, 0.3) is 44.2 Å². The van der Waals surface area contributed by atoms with Crippen LogP contribution in [0.1, 0.15) is 94.9 Å². The van der Waals surface area contributed by atoms with Crippen LogP contribution in [-0.2, 0) is 16.2 Å². The SMILES string of the molecule is CC1(C)CCC(C)(C)c2cc(N(c3ccc(-c4ccc(-c5cccc6ccccc56)cc4)cc3)c3cccc4c3-c3ccccc3C43C4CC5CC(C4)CC3C5)ccc21. The predicted molar refractivity (Wildman–Crippen MR) is 248 cm³/mol. The fraction of sp³-hybridized carbons (Fsp3) is 0.310. The number of benzene rings is 7. The molecule has 0 aromatic heterocycles. The third-order valence-electron chi connectivity index (χ3n) is 16.3. The Kier molecular flexibility index (Phi) is 7.71. The number of rotatable bonds is 5. The first-order chi connectivity index (χ1) is 28.7. The lowest BCUT2D eigenvalue weighted by Gasteiger charge is -2.61. The minimum Gasteiger partial charge on any atom is -0.310 e. The van der Waals surface area contributed by atoms with Crippen LogP contribution in [0.3, 0.4) is 0 Å². The van der Waals surface area contributed by atoms with Crippen molar-refractivity contribution in [1.82, 2.24) is 0 Å². The van der Waals surface area contributed by atoms with E-state index in [2.05, 4.69) is 184 Å². The molecule has 0 radical (unpaired) electrons. The molecule has 0 saturated heterocycles. The van der Waals surface area contributed by atoms with Gasteiger partial charge >= 0.3 is 0 Å². The number of hydrogen-bond acceptors (Lipinski definition) is 1. The Hall–Kier alpha value is -5.40. The first kappa shape index (κ1) is 35.5. The smallest absolute Gasteiger partial charge is 0.0543 e. The molecule has 7 aromatic rings. The van der Waals surface area contributed by atoms with E-state index in [0.29, 0.717) is 0 Å². The Morgan fingerprint density at radius 3 is 1.75 bits per heavy atom. The maximum absolute atomic E-state index is 2.62. The molecular weight excluding hydrogens is 711 g/mol. The highest BCUT2D eigenvalue weighted by atomic mass is 15.1. The third-order valence-corrected chi connectivity index (χ3v) is 16.3. The first-order valence-electron chi connectivity index (χ1n) is 22.6. The zero-order chi connectivity index (χ0) is 39.7. The van der Waals surface area contributed by atoms with Crippen LogP contribution < -0.4 is 4.90 Å². The molecule has 1 nitrogen and oxygen atoms in total. The van der Waals surface area contributed by atoms with Crippen molar-refractivity contribution in [3.05, 3.63) is 174 Å². The average molecular weight is 766 g/mol. The summed E-state index contributed by atoms with van der Waals surface area (Å²) in [7, 11) is 0. The van der Waals surface area contributed by atoms with E-state index < -0.39 is 0 Å². The minimum atomic E-state index is 0.115. The van der Waals surface area contributed by atoms with Crippen LogP contribution in [0.4, 0.5) is 17.1 Å². The molecule has 4 fully saturated rings. The summed E-state index contributed by atoms with van der Waals surface area (Å²) in [6, 6.07) is 58.4. The van der Waals surface area contributed by atoms with Crippen molar-refractivity contribution in [1.29, 1.82) is 0 Å². The highest BCUT2D eigenvalue weighted by molar-refractivity contribution is 5.98. The number of nitrogens with zero attached hydrogens (tertiary/aromatic N) is 1. The van der Waals surface area contributed by atoms with Gasteiger partial charge in [-0.15, -0.1) is 0 Å². The molecule has 4 saturated carbocycles. The second-order valence-corrected chi connectivity index (χ2v) is 20.4. The fourth-order valence-corrected chi connectivity index (χ4v) is 13.6. The highest BCUT2D eigenvalue weighted by Crippen LogP contribution is 2.70. The van der Waals surface area contributed by atoms with E-state index in [1.165, 1.54) is 117 Å². The second-order valence-electron chi connectivity index (χ2n) is 20.4. The van der Waals surface area contributed by atoms with Gasteiger partial charge in [0.2, 0.25) is 0 Å². The molecule has 1 spiro atoms. The van der Waals surface area contributed by atoms with Crippen LogP contribution in [0.15, 0.2) is 152 Å². The van der Waals surface area contributed by atoms with E-state index in [1.807, 2.05) is 0 Å². The molecule has 6 aliphatic rings. The Bertz CT molecular complexity index is 2750. The predicted octanol–water partition coefficient (Wildman–Crippen LogP) is 15.7. The van der Waals surface area contributed by atoms with E-state index in [1.54, 1.807) is 11.1 Å². The molecule has 0 atom stereocenters. The fourth-order valence-electron chi connectivity index (χ4n) is 13.6. The molecule has 0 aliphatic heterocycles. The standard InChI is InChI=1S/C58H55N/c1-56(2)29-30-57(3,4)53-36-46(27-28-51(53)56)59(45-25-23-40(24-26-45)39-19-21-42(22-20-39)48-15-9-12-41-11-5-6-13-47(41)48)54-18-10-17-52-55(54)49-14-7-8-16-50(49)58(52)43-32-37-31-38(34-43)35-44(58)33-37/h5-28,36-38,43-44H,29-35H2,1-4H3. The minimum absolute atomic E-state index is 0.115. The summed E-state index contributed by atoms with van der Waals surface area (Å²) in [5.74, 6) is 3.33. The van der Waals surface area contributed by atoms with Gasteiger partial charge in [0.15, 0.2) is 0 Å². The molecule has 1 heteroatoms. The highest BCUT2D eigenvalue weighted by Gasteiger charge is 2.62. The quantitative estimate of drug-likeness (QED) is 0.169. The van der Waals surface area contributed by atoms with Crippen molar-refractivity contribution in [2.24, 2.45) is 23.7 Å². The first-order valence-corrected chi connectivity index (χ1v) is 22.6. The van der Waals surface area contributed by atoms with Gasteiger partial charge < -0.3 is 4.90 Å². The van der Waals surface area contributed by atoms with Crippen molar-refractivity contribution in [2.45, 2.75) is 88.9 Å². The van der Waals surface area contributed by atoms with Gasteiger partial charge in [-0.1, -0.05) is 149 Å². The van der Waals surface area contributed by atoms with E-state index in [4.69, 9.17) is 0 Å². The molecule has 7 aromatic carbocycles. The molecule has 0 unspecified atom stereocenters. The van der Waals surface area contributed by atoms with Gasteiger partial charge in [-0.2, -0.15) is 0 Å². The Balaban J connectivity index is 1.00. The Morgan fingerprint density at radius 1 is 0.441 bits per heavy atom. The molecule has 13 rings (SSSR count). The van der Waals surface area contributed by atoms with Crippen molar-refractivity contribution in [3.8, 4) is 33.4 Å². The van der Waals surface area contributed by atoms with E-state index >= 15 is 0 Å². The largest absolute Gasteiger partial charge is 0.310 e. The summed E-state index contributed by atoms with van der Waals surface area (Å²) in [5, 5.41) is 2.58. The maximum Gasteiger partial charge on any atom is 0.0543 e. The van der Waals surface area contributed by atoms with E-state index in [-0.39, 0.29) is 16.2 Å². The molecular formula is C58H55N. The number of fused-ring (bicyclic) bond motifs is 5. The third kappa shape index (κ3) is 5.22. The maximum atomic E-state index is 2.62. The van der Waals surface area contributed by atoms with E-state index in [9.17, 15) is 0 Å². The summed E-state index contributed by atoms with van der Waals surface area (Å²) in [6.07, 6.45) is 9.48. The van der Waals surface area contributed by atoms with Crippen molar-refractivity contribution >= 4 is 27.8 Å². The summed E-state index contributed by atoms with van der Waals surface area (Å²) in [6.45, 7) is 9.80. The van der Waals surface area contributed by atoms with Gasteiger partial charge in [-0.3, -0.25) is 0 Å². The zero-order valence-corrected chi connectivity index (χ0v) is 35.1. The van der Waals surface area contributed by atoms with Gasteiger partial charge in [0, 0.05) is 22.4 Å². The monoisotopic (exact) mass is 765 g/mol. The number of anilines is 3. The molecule has 0 amide bonds. The van der Waals surface area contributed by atoms with Crippen LogP contribution >= 0.6 is 0 Å². The molecule has 59 heavy (non-hydrogen) atoms. The lowest BCUT2D eigenvalue weighted by Crippen LogP contribution is -2.55. The molecule has 0 heterocycles. The van der Waals surface area contributed by atoms with Gasteiger partial charge in [0.05, 0.1) is 5.69 Å². The lowest BCUT2D eigenvalue weighted by molar-refractivity contribution is -0.0399. The molecule has 292 valence electrons. The summed E-state index contributed by atoms with van der Waals surface area (Å²) in [5.41, 5.74) is 18.4. The second kappa shape index (κ2) is 12.8. The van der Waals surface area contributed by atoms with Gasteiger partial charge in [-0.25, -0.2) is 0 Å². The van der Waals surface area contributed by atoms with Gasteiger partial charge in [-0.05, 0) is 171 Å². The summed E-state index contributed by atoms with van der Waals surface area (Å²) in [4.78, 5) is 2.62. The van der Waals surface area contributed by atoms with E-state index in [0.717, 1.165) is 23.7 Å². The van der Waals surface area contributed by atoms with Crippen LogP contribution in [0.5, 0.6) is 0 Å². The van der Waals surface area contributed by atoms with Gasteiger partial charge in [0.1, 0.15) is 0 Å². The van der Waals surface area contributed by atoms with Crippen LogP contribution in [0.2, 0.25) is 0 Å². The molecule has 6 aliphatic carbocycles. The van der Waals surface area contributed by atoms with Crippen LogP contribution in [0, 0.1) is 23.7 Å². The van der Waals surface area contributed by atoms with Crippen molar-refractivity contribution in [2.75, 3.05) is 4.90 Å². The molecule has 0 N–H and O–H groups in total. The average Bonchev–Trinajstić information content (AvgIpc) is 3.56. The normalized spacial score (nSPS) is 25.2. The zero-order valence-electron chi connectivity index (χ0n) is 35.1. The Labute approximate surface area is 351 Å². The van der Waals surface area contributed by atoms with Crippen LogP contribution in [-0.4, -0.2) is 0 Å². The van der Waals surface area contributed by atoms with Crippen molar-refractivity contribution < 1.29 is 0 Å². The summed E-state index contributed by atoms with van der Waals surface area (Å²) < 4.78 is 0. The number of hydrogen-bond donors (Lipinski definition) is 0. The van der Waals surface area contributed by atoms with Crippen molar-refractivity contribution in [3.63, 3.8) is 0 Å².